The van der Waals surface area contributed by atoms with E-state index in [-0.39, 0.29) is 17.1 Å². The average Bonchev–Trinajstić information content (AvgIpc) is 3.43. The highest BCUT2D eigenvalue weighted by Crippen LogP contribution is 2.37. The van der Waals surface area contributed by atoms with Gasteiger partial charge in [0.15, 0.2) is 0 Å². The molecule has 0 aliphatic heterocycles. The molecule has 0 aliphatic rings. The van der Waals surface area contributed by atoms with E-state index in [9.17, 15) is 10.4 Å². The van der Waals surface area contributed by atoms with Crippen LogP contribution < -0.4 is 0 Å². The van der Waals surface area contributed by atoms with Gasteiger partial charge in [-0.3, -0.25) is 0 Å². The summed E-state index contributed by atoms with van der Waals surface area (Å²) in [7, 11) is 0. The normalized spacial score (nSPS) is 12.1. The molecule has 0 aliphatic carbocycles. The van der Waals surface area contributed by atoms with E-state index >= 15 is 0 Å². The van der Waals surface area contributed by atoms with Gasteiger partial charge in [0, 0.05) is 10.3 Å². The zero-order valence-corrected chi connectivity index (χ0v) is 18.5. The second-order valence-corrected chi connectivity index (χ2v) is 9.61. The van der Waals surface area contributed by atoms with Crippen molar-refractivity contribution in [1.82, 2.24) is 15.0 Å². The van der Waals surface area contributed by atoms with Crippen molar-refractivity contribution in [3.05, 3.63) is 77.8 Å². The number of thiazole rings is 1. The highest BCUT2D eigenvalue weighted by Gasteiger charge is 2.16. The molecule has 0 bridgehead atoms. The van der Waals surface area contributed by atoms with Crippen molar-refractivity contribution in [3.63, 3.8) is 0 Å². The Morgan fingerprint density at radius 1 is 1.03 bits per heavy atom. The third kappa shape index (κ3) is 3.91. The van der Waals surface area contributed by atoms with Gasteiger partial charge in [-0.1, -0.05) is 54.2 Å². The average molecular weight is 459 g/mol. The van der Waals surface area contributed by atoms with E-state index in [2.05, 4.69) is 39.2 Å². The monoisotopic (exact) mass is 458 g/mol. The Labute approximate surface area is 190 Å². The number of thiophene rings is 1. The van der Waals surface area contributed by atoms with Crippen LogP contribution >= 0.6 is 34.4 Å². The van der Waals surface area contributed by atoms with Gasteiger partial charge in [-0.25, -0.2) is 15.0 Å². The number of aliphatic hydroxyl groups is 1. The zero-order valence-electron chi connectivity index (χ0n) is 16.0. The van der Waals surface area contributed by atoms with Crippen molar-refractivity contribution in [1.29, 1.82) is 5.26 Å². The van der Waals surface area contributed by atoms with Crippen molar-refractivity contribution in [2.75, 3.05) is 5.75 Å². The number of allylic oxidation sites excluding steroid dienone is 1. The summed E-state index contributed by atoms with van der Waals surface area (Å²) >= 11 is 4.39. The number of thioether (sulfide) groups is 1. The number of nitrogens with zero attached hydrogens (tertiary/aromatic N) is 4. The molecule has 0 spiro atoms. The summed E-state index contributed by atoms with van der Waals surface area (Å²) < 4.78 is 0.981. The number of rotatable bonds is 5. The zero-order chi connectivity index (χ0) is 21.2. The SMILES string of the molecule is N#C/C(=C(/O)CSc1ncnc2sc(-c3ccccc3)cc12)c1nc2ccccc2s1. The highest BCUT2D eigenvalue weighted by atomic mass is 32.2. The first-order valence-corrected chi connectivity index (χ1v) is 12.0. The lowest BCUT2D eigenvalue weighted by molar-refractivity contribution is 0.421. The lowest BCUT2D eigenvalue weighted by Gasteiger charge is -2.03. The van der Waals surface area contributed by atoms with Crippen molar-refractivity contribution < 1.29 is 5.11 Å². The fraction of sp³-hybridized carbons (Fsp3) is 0.0435. The van der Waals surface area contributed by atoms with Crippen molar-refractivity contribution in [2.45, 2.75) is 5.03 Å². The van der Waals surface area contributed by atoms with E-state index in [0.717, 1.165) is 35.9 Å². The molecule has 0 unspecified atom stereocenters. The van der Waals surface area contributed by atoms with E-state index < -0.39 is 0 Å². The minimum Gasteiger partial charge on any atom is -0.510 e. The Kier molecular flexibility index (Phi) is 5.38. The minimum absolute atomic E-state index is 0.00293. The van der Waals surface area contributed by atoms with E-state index in [1.54, 1.807) is 11.3 Å². The quantitative estimate of drug-likeness (QED) is 0.139. The predicted molar refractivity (Wildman–Crippen MR) is 128 cm³/mol. The molecule has 0 saturated heterocycles. The third-order valence-corrected chi connectivity index (χ3v) is 7.77. The predicted octanol–water partition coefficient (Wildman–Crippen LogP) is 6.55. The van der Waals surface area contributed by atoms with E-state index in [1.165, 1.54) is 29.4 Å². The third-order valence-electron chi connectivity index (χ3n) is 4.60. The molecule has 0 atom stereocenters. The van der Waals surface area contributed by atoms with Gasteiger partial charge in [0.2, 0.25) is 0 Å². The molecule has 8 heteroatoms. The molecule has 0 amide bonds. The van der Waals surface area contributed by atoms with Crippen molar-refractivity contribution in [2.24, 2.45) is 0 Å². The van der Waals surface area contributed by atoms with E-state index in [1.807, 2.05) is 42.5 Å². The van der Waals surface area contributed by atoms with Gasteiger partial charge >= 0.3 is 0 Å². The summed E-state index contributed by atoms with van der Waals surface area (Å²) in [5, 5.41) is 22.6. The maximum Gasteiger partial charge on any atom is 0.138 e. The van der Waals surface area contributed by atoms with Crippen LogP contribution in [0.3, 0.4) is 0 Å². The smallest absolute Gasteiger partial charge is 0.138 e. The Hall–Kier alpha value is -3.25. The summed E-state index contributed by atoms with van der Waals surface area (Å²) in [4.78, 5) is 15.3. The fourth-order valence-electron chi connectivity index (χ4n) is 3.12. The molecular weight excluding hydrogens is 444 g/mol. The Bertz CT molecular complexity index is 1430. The van der Waals surface area contributed by atoms with Crippen LogP contribution in [-0.2, 0) is 0 Å². The van der Waals surface area contributed by atoms with Gasteiger partial charge < -0.3 is 5.11 Å². The number of aliphatic hydroxyl groups excluding tert-OH is 1. The van der Waals surface area contributed by atoms with Crippen LogP contribution in [0.2, 0.25) is 0 Å². The summed E-state index contributed by atoms with van der Waals surface area (Å²) in [5.41, 5.74) is 2.15. The molecule has 3 heterocycles. The number of fused-ring (bicyclic) bond motifs is 2. The van der Waals surface area contributed by atoms with Crippen LogP contribution in [0.1, 0.15) is 5.01 Å². The Morgan fingerprint density at radius 3 is 2.65 bits per heavy atom. The van der Waals surface area contributed by atoms with Gasteiger partial charge in [0.25, 0.3) is 0 Å². The van der Waals surface area contributed by atoms with Crippen LogP contribution in [0.25, 0.3) is 36.4 Å². The molecule has 150 valence electrons. The highest BCUT2D eigenvalue weighted by molar-refractivity contribution is 7.99. The second kappa shape index (κ2) is 8.47. The first-order valence-electron chi connectivity index (χ1n) is 9.34. The molecule has 1 N–H and O–H groups in total. The number of para-hydroxylation sites is 1. The molecule has 3 aromatic heterocycles. The molecule has 31 heavy (non-hydrogen) atoms. The number of nitriles is 1. The first-order chi connectivity index (χ1) is 15.2. The number of hydrogen-bond donors (Lipinski definition) is 1. The number of aromatic nitrogens is 3. The van der Waals surface area contributed by atoms with Crippen molar-refractivity contribution in [3.8, 4) is 16.5 Å². The van der Waals surface area contributed by atoms with Gasteiger partial charge in [-0.2, -0.15) is 5.26 Å². The molecule has 2 aromatic carbocycles. The Morgan fingerprint density at radius 2 is 1.84 bits per heavy atom. The minimum atomic E-state index is -0.00293. The number of benzene rings is 2. The van der Waals surface area contributed by atoms with Gasteiger partial charge in [-0.15, -0.1) is 22.7 Å². The topological polar surface area (TPSA) is 82.7 Å². The Balaban J connectivity index is 1.44. The molecular formula is C23H14N4OS3. The van der Waals surface area contributed by atoms with Crippen LogP contribution in [0.15, 0.2) is 77.8 Å². The van der Waals surface area contributed by atoms with Crippen LogP contribution in [-0.4, -0.2) is 25.8 Å². The summed E-state index contributed by atoms with van der Waals surface area (Å²) in [6, 6.07) is 22.0. The van der Waals surface area contributed by atoms with Crippen LogP contribution in [0.4, 0.5) is 0 Å². The van der Waals surface area contributed by atoms with Gasteiger partial charge in [0.1, 0.15) is 38.6 Å². The summed E-state index contributed by atoms with van der Waals surface area (Å²) in [6.07, 6.45) is 1.54. The van der Waals surface area contributed by atoms with Crippen LogP contribution in [0.5, 0.6) is 0 Å². The number of hydrogen-bond acceptors (Lipinski definition) is 8. The van der Waals surface area contributed by atoms with E-state index in [4.69, 9.17) is 0 Å². The van der Waals surface area contributed by atoms with Gasteiger partial charge in [0.05, 0.1) is 16.0 Å². The van der Waals surface area contributed by atoms with E-state index in [0.29, 0.717) is 5.01 Å². The summed E-state index contributed by atoms with van der Waals surface area (Å²) in [6.45, 7) is 0. The first kappa shape index (κ1) is 19.7. The summed E-state index contributed by atoms with van der Waals surface area (Å²) in [5.74, 6) is 0.221. The molecule has 0 radical (unpaired) electrons. The second-order valence-electron chi connectivity index (χ2n) is 6.58. The maximum absolute atomic E-state index is 10.7. The molecule has 0 saturated carbocycles. The lowest BCUT2D eigenvalue weighted by atomic mass is 10.2. The van der Waals surface area contributed by atoms with Gasteiger partial charge in [-0.05, 0) is 23.8 Å². The molecule has 5 aromatic rings. The van der Waals surface area contributed by atoms with Crippen molar-refractivity contribution >= 4 is 60.4 Å². The standard InChI is InChI=1S/C23H14N4OS3/c24-11-16(23-27-17-8-4-5-9-19(17)30-23)18(28)12-29-21-15-10-20(14-6-2-1-3-7-14)31-22(15)26-13-25-21/h1-10,13,28H,12H2/b18-16-. The molecule has 0 fully saturated rings. The lowest BCUT2D eigenvalue weighted by Crippen LogP contribution is -1.94. The maximum atomic E-state index is 10.7. The largest absolute Gasteiger partial charge is 0.510 e. The molecule has 5 rings (SSSR count). The molecule has 5 nitrogen and oxygen atoms in total. The van der Waals surface area contributed by atoms with Crippen LogP contribution in [0, 0.1) is 11.3 Å². The fourth-order valence-corrected chi connectivity index (χ4v) is 6.02.